The molecule has 1 aliphatic rings. The van der Waals surface area contributed by atoms with Crippen molar-refractivity contribution in [3.05, 3.63) is 53.6 Å². The summed E-state index contributed by atoms with van der Waals surface area (Å²) in [6, 6.07) is 14.1. The van der Waals surface area contributed by atoms with Crippen molar-refractivity contribution in [2.24, 2.45) is 0 Å². The lowest BCUT2D eigenvalue weighted by Crippen LogP contribution is -2.42. The first-order valence-corrected chi connectivity index (χ1v) is 10.8. The fourth-order valence-corrected chi connectivity index (χ4v) is 4.23. The van der Waals surface area contributed by atoms with Crippen LogP contribution in [0.5, 0.6) is 5.75 Å². The Hall–Kier alpha value is -2.37. The predicted octanol–water partition coefficient (Wildman–Crippen LogP) is 4.50. The van der Waals surface area contributed by atoms with Gasteiger partial charge in [-0.25, -0.2) is 0 Å². The lowest BCUT2D eigenvalue weighted by molar-refractivity contribution is 0.0544. The number of ether oxygens (including phenoxy) is 2. The second-order valence-electron chi connectivity index (χ2n) is 8.37. The van der Waals surface area contributed by atoms with Crippen LogP contribution in [0.4, 0.5) is 0 Å². The molecule has 2 aromatic rings. The quantitative estimate of drug-likeness (QED) is 0.696. The number of hydrogen-bond donors (Lipinski definition) is 1. The van der Waals surface area contributed by atoms with E-state index in [1.165, 1.54) is 0 Å². The molecule has 1 aliphatic heterocycles. The van der Waals surface area contributed by atoms with E-state index in [4.69, 9.17) is 9.47 Å². The minimum Gasteiger partial charge on any atom is -0.496 e. The zero-order valence-electron chi connectivity index (χ0n) is 18.8. The van der Waals surface area contributed by atoms with Crippen molar-refractivity contribution in [3.8, 4) is 16.9 Å². The van der Waals surface area contributed by atoms with Crippen LogP contribution >= 0.6 is 0 Å². The summed E-state index contributed by atoms with van der Waals surface area (Å²) in [5.74, 6) is 0.586. The van der Waals surface area contributed by atoms with Gasteiger partial charge in [0, 0.05) is 18.6 Å². The molecule has 3 rings (SSSR count). The minimum absolute atomic E-state index is 0.0110. The van der Waals surface area contributed by atoms with E-state index in [0.29, 0.717) is 17.9 Å². The van der Waals surface area contributed by atoms with E-state index >= 15 is 0 Å². The summed E-state index contributed by atoms with van der Waals surface area (Å²) in [5, 5.41) is 3.34. The smallest absolute Gasteiger partial charge is 0.258 e. The Labute approximate surface area is 180 Å². The van der Waals surface area contributed by atoms with E-state index in [9.17, 15) is 4.79 Å². The van der Waals surface area contributed by atoms with Crippen molar-refractivity contribution in [2.45, 2.75) is 58.9 Å². The topological polar surface area (TPSA) is 50.8 Å². The maximum Gasteiger partial charge on any atom is 0.258 e. The normalized spacial score (nSPS) is 16.3. The molecule has 1 fully saturated rings. The number of nitrogens with one attached hydrogen (secondary N) is 1. The molecule has 0 bridgehead atoms. The van der Waals surface area contributed by atoms with Gasteiger partial charge < -0.3 is 19.7 Å². The fraction of sp³-hybridized carbons (Fsp3) is 0.480. The van der Waals surface area contributed by atoms with Crippen molar-refractivity contribution in [1.82, 2.24) is 10.2 Å². The van der Waals surface area contributed by atoms with Crippen LogP contribution in [0.25, 0.3) is 11.1 Å². The molecule has 2 aromatic carbocycles. The van der Waals surface area contributed by atoms with Crippen molar-refractivity contribution >= 4 is 5.91 Å². The summed E-state index contributed by atoms with van der Waals surface area (Å²) < 4.78 is 11.8. The molecule has 1 heterocycles. The molecule has 0 aromatic heterocycles. The van der Waals surface area contributed by atoms with Crippen LogP contribution < -0.4 is 10.1 Å². The van der Waals surface area contributed by atoms with Crippen LogP contribution in [-0.2, 0) is 11.3 Å². The molecule has 0 aliphatic carbocycles. The molecule has 0 radical (unpaired) electrons. The molecule has 0 spiro atoms. The van der Waals surface area contributed by atoms with Gasteiger partial charge in [-0.05, 0) is 63.4 Å². The number of methoxy groups -OCH3 is 1. The van der Waals surface area contributed by atoms with Crippen LogP contribution in [-0.4, -0.2) is 49.2 Å². The maximum atomic E-state index is 13.7. The van der Waals surface area contributed by atoms with E-state index in [2.05, 4.69) is 17.4 Å². The Kier molecular flexibility index (Phi) is 7.51. The summed E-state index contributed by atoms with van der Waals surface area (Å²) >= 11 is 0. The molecule has 0 saturated carbocycles. The van der Waals surface area contributed by atoms with E-state index in [0.717, 1.165) is 36.2 Å². The predicted molar refractivity (Wildman–Crippen MR) is 121 cm³/mol. The van der Waals surface area contributed by atoms with E-state index < -0.39 is 0 Å². The van der Waals surface area contributed by atoms with Gasteiger partial charge >= 0.3 is 0 Å². The van der Waals surface area contributed by atoms with Gasteiger partial charge in [0.1, 0.15) is 5.75 Å². The second kappa shape index (κ2) is 10.1. The first-order chi connectivity index (χ1) is 14.4. The van der Waals surface area contributed by atoms with Gasteiger partial charge in [-0.1, -0.05) is 36.4 Å². The standard InChI is InChI=1S/C25H34N2O3/c1-17(2)27(18(3)4)25(28)24-22(11-8-12-23(24)29-5)21-10-7-6-9-19(21)16-30-20-13-14-26-15-20/h6-12,17-18,20,26H,13-16H2,1-5H3/t20-/m0/s1. The molecular formula is C25H34N2O3. The molecular weight excluding hydrogens is 376 g/mol. The third kappa shape index (κ3) is 4.85. The lowest BCUT2D eigenvalue weighted by Gasteiger charge is -2.32. The molecule has 30 heavy (non-hydrogen) atoms. The first kappa shape index (κ1) is 22.3. The van der Waals surface area contributed by atoms with Crippen LogP contribution in [0.1, 0.15) is 50.0 Å². The lowest BCUT2D eigenvalue weighted by atomic mass is 9.93. The zero-order valence-corrected chi connectivity index (χ0v) is 18.8. The number of rotatable bonds is 8. The van der Waals surface area contributed by atoms with Crippen molar-refractivity contribution in [2.75, 3.05) is 20.2 Å². The maximum absolute atomic E-state index is 13.7. The van der Waals surface area contributed by atoms with Gasteiger partial charge in [0.2, 0.25) is 0 Å². The largest absolute Gasteiger partial charge is 0.496 e. The van der Waals surface area contributed by atoms with Crippen LogP contribution in [0, 0.1) is 0 Å². The molecule has 1 atom stereocenters. The highest BCUT2D eigenvalue weighted by Gasteiger charge is 2.28. The Morgan fingerprint density at radius 2 is 1.77 bits per heavy atom. The fourth-order valence-electron chi connectivity index (χ4n) is 4.23. The van der Waals surface area contributed by atoms with Gasteiger partial charge in [0.25, 0.3) is 5.91 Å². The van der Waals surface area contributed by atoms with Crippen LogP contribution in [0.2, 0.25) is 0 Å². The second-order valence-corrected chi connectivity index (χ2v) is 8.37. The van der Waals surface area contributed by atoms with E-state index in [1.807, 2.05) is 62.9 Å². The Bertz CT molecular complexity index is 849. The van der Waals surface area contributed by atoms with Crippen LogP contribution in [0.15, 0.2) is 42.5 Å². The summed E-state index contributed by atoms with van der Waals surface area (Å²) in [6.07, 6.45) is 1.27. The molecule has 5 nitrogen and oxygen atoms in total. The Morgan fingerprint density at radius 1 is 1.07 bits per heavy atom. The van der Waals surface area contributed by atoms with Gasteiger partial charge in [-0.15, -0.1) is 0 Å². The van der Waals surface area contributed by atoms with Crippen molar-refractivity contribution < 1.29 is 14.3 Å². The number of amides is 1. The van der Waals surface area contributed by atoms with E-state index in [-0.39, 0.29) is 24.1 Å². The first-order valence-electron chi connectivity index (χ1n) is 10.8. The van der Waals surface area contributed by atoms with Gasteiger partial charge in [-0.2, -0.15) is 0 Å². The third-order valence-corrected chi connectivity index (χ3v) is 5.60. The minimum atomic E-state index is -0.0110. The van der Waals surface area contributed by atoms with Crippen LogP contribution in [0.3, 0.4) is 0 Å². The molecule has 162 valence electrons. The van der Waals surface area contributed by atoms with Crippen molar-refractivity contribution in [1.29, 1.82) is 0 Å². The number of nitrogens with zero attached hydrogens (tertiary/aromatic N) is 1. The molecule has 5 heteroatoms. The van der Waals surface area contributed by atoms with Gasteiger partial charge in [0.05, 0.1) is 25.4 Å². The number of benzene rings is 2. The number of carbonyl (C=O) groups is 1. The zero-order chi connectivity index (χ0) is 21.7. The van der Waals surface area contributed by atoms with Crippen molar-refractivity contribution in [3.63, 3.8) is 0 Å². The average molecular weight is 411 g/mol. The average Bonchev–Trinajstić information content (AvgIpc) is 3.25. The summed E-state index contributed by atoms with van der Waals surface area (Å²) in [5.41, 5.74) is 3.58. The summed E-state index contributed by atoms with van der Waals surface area (Å²) in [6.45, 7) is 10.6. The highest BCUT2D eigenvalue weighted by molar-refractivity contribution is 6.04. The van der Waals surface area contributed by atoms with E-state index in [1.54, 1.807) is 7.11 Å². The SMILES string of the molecule is COc1cccc(-c2ccccc2CO[C@H]2CCNC2)c1C(=O)N(C(C)C)C(C)C. The van der Waals surface area contributed by atoms with Gasteiger partial charge in [-0.3, -0.25) is 4.79 Å². The molecule has 0 unspecified atom stereocenters. The monoisotopic (exact) mass is 410 g/mol. The van der Waals surface area contributed by atoms with Gasteiger partial charge in [0.15, 0.2) is 0 Å². The highest BCUT2D eigenvalue weighted by Crippen LogP contribution is 2.35. The molecule has 1 amide bonds. The molecule has 1 N–H and O–H groups in total. The third-order valence-electron chi connectivity index (χ3n) is 5.60. The summed E-state index contributed by atoms with van der Waals surface area (Å²) in [7, 11) is 1.62. The number of carbonyl (C=O) groups excluding carboxylic acids is 1. The Balaban J connectivity index is 2.03. The number of hydrogen-bond acceptors (Lipinski definition) is 4. The molecule has 1 saturated heterocycles. The Morgan fingerprint density at radius 3 is 2.40 bits per heavy atom. The summed E-state index contributed by atoms with van der Waals surface area (Å²) in [4.78, 5) is 15.6. The highest BCUT2D eigenvalue weighted by atomic mass is 16.5.